The van der Waals surface area contributed by atoms with E-state index in [0.29, 0.717) is 36.5 Å². The maximum Gasteiger partial charge on any atom is 0.258 e. The quantitative estimate of drug-likeness (QED) is 0.553. The van der Waals surface area contributed by atoms with Crippen molar-refractivity contribution in [2.24, 2.45) is 0 Å². The lowest BCUT2D eigenvalue weighted by atomic mass is 10.1. The van der Waals surface area contributed by atoms with E-state index >= 15 is 0 Å². The Kier molecular flexibility index (Phi) is 6.58. The van der Waals surface area contributed by atoms with E-state index < -0.39 is 0 Å². The fourth-order valence-electron chi connectivity index (χ4n) is 3.24. The molecule has 0 saturated heterocycles. The van der Waals surface area contributed by atoms with Crippen LogP contribution in [0.25, 0.3) is 10.8 Å². The number of benzene rings is 2. The van der Waals surface area contributed by atoms with Gasteiger partial charge in [-0.05, 0) is 48.7 Å². The highest BCUT2D eigenvalue weighted by atomic mass is 16.5. The zero-order valence-corrected chi connectivity index (χ0v) is 16.5. The van der Waals surface area contributed by atoms with Crippen LogP contribution in [0.4, 0.5) is 0 Å². The molecule has 0 unspecified atom stereocenters. The van der Waals surface area contributed by atoms with Crippen molar-refractivity contribution in [2.75, 3.05) is 13.7 Å². The maximum absolute atomic E-state index is 13.0. The maximum atomic E-state index is 13.0. The van der Waals surface area contributed by atoms with E-state index in [4.69, 9.17) is 9.47 Å². The van der Waals surface area contributed by atoms with Crippen molar-refractivity contribution in [3.8, 4) is 17.2 Å². The van der Waals surface area contributed by atoms with Crippen molar-refractivity contribution in [3.63, 3.8) is 0 Å². The van der Waals surface area contributed by atoms with Crippen molar-refractivity contribution in [1.29, 1.82) is 0 Å². The monoisotopic (exact) mass is 381 g/mol. The summed E-state index contributed by atoms with van der Waals surface area (Å²) in [6.07, 6.45) is 5.73. The number of aromatic nitrogens is 1. The molecule has 0 aliphatic carbocycles. The molecule has 5 heteroatoms. The number of pyridine rings is 1. The van der Waals surface area contributed by atoms with Crippen molar-refractivity contribution in [3.05, 3.63) is 64.6 Å². The normalized spacial score (nSPS) is 10.9. The smallest absolute Gasteiger partial charge is 0.258 e. The van der Waals surface area contributed by atoms with Crippen LogP contribution in [0.2, 0.25) is 0 Å². The van der Waals surface area contributed by atoms with E-state index in [9.17, 15) is 9.90 Å². The Morgan fingerprint density at radius 2 is 1.79 bits per heavy atom. The second kappa shape index (κ2) is 9.31. The summed E-state index contributed by atoms with van der Waals surface area (Å²) in [6.45, 7) is 3.32. The summed E-state index contributed by atoms with van der Waals surface area (Å²) in [5.74, 6) is 1.52. The minimum absolute atomic E-state index is 0.0441. The van der Waals surface area contributed by atoms with Crippen LogP contribution in [-0.2, 0) is 13.0 Å². The van der Waals surface area contributed by atoms with Crippen LogP contribution in [0.5, 0.6) is 17.2 Å². The molecule has 0 spiro atoms. The van der Waals surface area contributed by atoms with Crippen LogP contribution in [0, 0.1) is 0 Å². The summed E-state index contributed by atoms with van der Waals surface area (Å²) >= 11 is 0. The Morgan fingerprint density at radius 3 is 2.50 bits per heavy atom. The molecule has 1 N–H and O–H groups in total. The molecule has 0 amide bonds. The van der Waals surface area contributed by atoms with E-state index in [1.807, 2.05) is 24.4 Å². The fourth-order valence-corrected chi connectivity index (χ4v) is 3.24. The summed E-state index contributed by atoms with van der Waals surface area (Å²) in [7, 11) is 1.61. The largest absolute Gasteiger partial charge is 0.508 e. The Labute approximate surface area is 165 Å². The first kappa shape index (κ1) is 19.8. The Balaban J connectivity index is 1.86. The summed E-state index contributed by atoms with van der Waals surface area (Å²) in [5.41, 5.74) is 1.02. The van der Waals surface area contributed by atoms with Gasteiger partial charge in [0.05, 0.1) is 19.1 Å². The fraction of sp³-hybridized carbons (Fsp3) is 0.348. The van der Waals surface area contributed by atoms with Gasteiger partial charge in [-0.2, -0.15) is 0 Å². The Bertz CT molecular complexity index is 976. The third kappa shape index (κ3) is 4.47. The van der Waals surface area contributed by atoms with Crippen LogP contribution in [0.3, 0.4) is 0 Å². The van der Waals surface area contributed by atoms with Crippen LogP contribution in [0.15, 0.2) is 53.5 Å². The molecule has 28 heavy (non-hydrogen) atoms. The van der Waals surface area contributed by atoms with Crippen molar-refractivity contribution in [1.82, 2.24) is 4.57 Å². The molecule has 0 saturated carbocycles. The molecule has 0 bridgehead atoms. The predicted molar refractivity (Wildman–Crippen MR) is 112 cm³/mol. The Morgan fingerprint density at radius 1 is 1.00 bits per heavy atom. The van der Waals surface area contributed by atoms with Gasteiger partial charge in [0.1, 0.15) is 5.75 Å². The molecule has 5 nitrogen and oxygen atoms in total. The van der Waals surface area contributed by atoms with Gasteiger partial charge in [-0.1, -0.05) is 31.9 Å². The number of phenolic OH excluding ortho intramolecular Hbond substituents is 1. The first-order valence-electron chi connectivity index (χ1n) is 9.75. The summed E-state index contributed by atoms with van der Waals surface area (Å²) in [4.78, 5) is 13.0. The lowest BCUT2D eigenvalue weighted by Gasteiger charge is -2.14. The Hall–Kier alpha value is -2.95. The number of phenols is 1. The number of methoxy groups -OCH3 is 1. The van der Waals surface area contributed by atoms with E-state index in [0.717, 1.165) is 30.2 Å². The van der Waals surface area contributed by atoms with Gasteiger partial charge in [0.25, 0.3) is 5.56 Å². The van der Waals surface area contributed by atoms with Gasteiger partial charge in [0.2, 0.25) is 0 Å². The zero-order chi connectivity index (χ0) is 19.9. The number of aryl methyl sites for hydroxylation is 2. The molecule has 3 rings (SSSR count). The number of hydrogen-bond donors (Lipinski definition) is 1. The van der Waals surface area contributed by atoms with Gasteiger partial charge in [0, 0.05) is 18.1 Å². The second-order valence-electron chi connectivity index (χ2n) is 6.84. The SMILES string of the molecule is CCCCCOc1c(OC)ccc2c(=O)n(CCc3ccc(O)cc3)ccc12. The average molecular weight is 381 g/mol. The number of aromatic hydroxyl groups is 1. The molecule has 1 heterocycles. The number of nitrogens with zero attached hydrogens (tertiary/aromatic N) is 1. The predicted octanol–water partition coefficient (Wildman–Crippen LogP) is 4.53. The third-order valence-electron chi connectivity index (χ3n) is 4.86. The number of rotatable bonds is 9. The molecule has 0 radical (unpaired) electrons. The van der Waals surface area contributed by atoms with Crippen molar-refractivity contribution < 1.29 is 14.6 Å². The van der Waals surface area contributed by atoms with Gasteiger partial charge in [-0.3, -0.25) is 4.79 Å². The minimum Gasteiger partial charge on any atom is -0.508 e. The molecule has 3 aromatic rings. The lowest BCUT2D eigenvalue weighted by Crippen LogP contribution is -2.20. The summed E-state index contributed by atoms with van der Waals surface area (Å²) in [6, 6.07) is 12.6. The molecule has 0 fully saturated rings. The van der Waals surface area contributed by atoms with Crippen molar-refractivity contribution >= 4 is 10.8 Å². The van der Waals surface area contributed by atoms with Gasteiger partial charge in [-0.15, -0.1) is 0 Å². The molecular weight excluding hydrogens is 354 g/mol. The molecule has 2 aromatic carbocycles. The number of ether oxygens (including phenoxy) is 2. The zero-order valence-electron chi connectivity index (χ0n) is 16.5. The average Bonchev–Trinajstić information content (AvgIpc) is 2.72. The summed E-state index contributed by atoms with van der Waals surface area (Å²) < 4.78 is 13.1. The molecular formula is C23H27NO4. The van der Waals surface area contributed by atoms with Gasteiger partial charge in [0.15, 0.2) is 11.5 Å². The molecule has 0 atom stereocenters. The number of fused-ring (bicyclic) bond motifs is 1. The van der Waals surface area contributed by atoms with Crippen LogP contribution in [-0.4, -0.2) is 23.4 Å². The second-order valence-corrected chi connectivity index (χ2v) is 6.84. The first-order valence-corrected chi connectivity index (χ1v) is 9.75. The van der Waals surface area contributed by atoms with Crippen LogP contribution in [0.1, 0.15) is 31.7 Å². The molecule has 148 valence electrons. The number of hydrogen-bond acceptors (Lipinski definition) is 4. The molecule has 0 aliphatic rings. The van der Waals surface area contributed by atoms with Crippen LogP contribution >= 0.6 is 0 Å². The highest BCUT2D eigenvalue weighted by Gasteiger charge is 2.13. The van der Waals surface area contributed by atoms with E-state index in [1.54, 1.807) is 35.9 Å². The number of unbranched alkanes of at least 4 members (excludes halogenated alkanes) is 2. The van der Waals surface area contributed by atoms with E-state index in [2.05, 4.69) is 6.92 Å². The van der Waals surface area contributed by atoms with Gasteiger partial charge in [-0.25, -0.2) is 0 Å². The lowest BCUT2D eigenvalue weighted by molar-refractivity contribution is 0.289. The first-order chi connectivity index (χ1) is 13.6. The molecule has 1 aromatic heterocycles. The third-order valence-corrected chi connectivity index (χ3v) is 4.86. The highest BCUT2D eigenvalue weighted by Crippen LogP contribution is 2.34. The minimum atomic E-state index is -0.0441. The molecule has 0 aliphatic heterocycles. The van der Waals surface area contributed by atoms with E-state index in [1.165, 1.54) is 0 Å². The summed E-state index contributed by atoms with van der Waals surface area (Å²) in [5, 5.41) is 10.8. The van der Waals surface area contributed by atoms with Gasteiger partial charge >= 0.3 is 0 Å². The standard InChI is InChI=1S/C23H27NO4/c1-3-4-5-16-28-22-19-13-15-24(14-12-17-6-8-18(25)9-7-17)23(26)20(19)10-11-21(22)27-2/h6-11,13,15,25H,3-5,12,14,16H2,1-2H3. The highest BCUT2D eigenvalue weighted by molar-refractivity contribution is 5.90. The topological polar surface area (TPSA) is 60.7 Å². The van der Waals surface area contributed by atoms with Gasteiger partial charge < -0.3 is 19.1 Å². The van der Waals surface area contributed by atoms with Crippen LogP contribution < -0.4 is 15.0 Å². The van der Waals surface area contributed by atoms with Crippen molar-refractivity contribution in [2.45, 2.75) is 39.2 Å². The van der Waals surface area contributed by atoms with E-state index in [-0.39, 0.29) is 11.3 Å².